The topological polar surface area (TPSA) is 45.5 Å². The molecule has 1 aromatic heterocycles. The molecule has 0 fully saturated rings. The third-order valence-electron chi connectivity index (χ3n) is 3.24. The van der Waals surface area contributed by atoms with Crippen LogP contribution in [0.4, 0.5) is 0 Å². The molecule has 0 aliphatic carbocycles. The highest BCUT2D eigenvalue weighted by Crippen LogP contribution is 2.05. The lowest BCUT2D eigenvalue weighted by Crippen LogP contribution is -2.38. The number of hydrogen-bond acceptors (Lipinski definition) is 2. The lowest BCUT2D eigenvalue weighted by Gasteiger charge is -2.21. The minimum absolute atomic E-state index is 0.794. The van der Waals surface area contributed by atoms with Crippen LogP contribution in [0.15, 0.2) is 17.4 Å². The van der Waals surface area contributed by atoms with Crippen LogP contribution in [0.5, 0.6) is 0 Å². The maximum Gasteiger partial charge on any atom is 0.193 e. The number of aryl methyl sites for hydroxylation is 1. The van der Waals surface area contributed by atoms with Gasteiger partial charge in [-0.1, -0.05) is 26.7 Å². The van der Waals surface area contributed by atoms with Crippen molar-refractivity contribution in [1.29, 1.82) is 0 Å². The normalized spacial score (nSPS) is 12.0. The van der Waals surface area contributed by atoms with Gasteiger partial charge in [0.1, 0.15) is 0 Å². The van der Waals surface area contributed by atoms with E-state index in [-0.39, 0.29) is 0 Å². The van der Waals surface area contributed by atoms with E-state index in [0.717, 1.165) is 25.0 Å². The summed E-state index contributed by atoms with van der Waals surface area (Å²) in [5, 5.41) is 7.61. The first-order chi connectivity index (χ1) is 9.52. The number of aliphatic imine (C=N–C) groups is 1. The molecule has 0 saturated heterocycles. The fraction of sp³-hybridized carbons (Fsp3) is 0.733. The number of rotatable bonds is 7. The maximum atomic E-state index is 4.33. The number of unbranched alkanes of at least 4 members (excludes halogenated alkanes) is 1. The summed E-state index contributed by atoms with van der Waals surface area (Å²) in [5.74, 6) is 1.74. The van der Waals surface area contributed by atoms with Gasteiger partial charge in [-0.2, -0.15) is 5.10 Å². The summed E-state index contributed by atoms with van der Waals surface area (Å²) in [7, 11) is 5.82. The number of nitrogens with one attached hydrogen (secondary N) is 1. The van der Waals surface area contributed by atoms with Gasteiger partial charge in [-0.15, -0.1) is 0 Å². The molecule has 0 atom stereocenters. The summed E-state index contributed by atoms with van der Waals surface area (Å²) in [6.07, 6.45) is 7.69. The van der Waals surface area contributed by atoms with Crippen LogP contribution in [0.25, 0.3) is 0 Å². The van der Waals surface area contributed by atoms with Crippen LogP contribution in [0.3, 0.4) is 0 Å². The Kier molecular flexibility index (Phi) is 7.12. The van der Waals surface area contributed by atoms with Gasteiger partial charge in [-0.25, -0.2) is 0 Å². The van der Waals surface area contributed by atoms with E-state index in [1.54, 1.807) is 0 Å². The molecule has 0 bridgehead atoms. The SMILES string of the molecule is CN=C(NCCCCC(C)C)N(C)Cc1cnn(C)c1. The predicted molar refractivity (Wildman–Crippen MR) is 84.7 cm³/mol. The molecule has 114 valence electrons. The Balaban J connectivity index is 2.31. The monoisotopic (exact) mass is 279 g/mol. The van der Waals surface area contributed by atoms with Crippen molar-refractivity contribution in [2.45, 2.75) is 39.7 Å². The van der Waals surface area contributed by atoms with Gasteiger partial charge in [0.05, 0.1) is 6.20 Å². The molecular formula is C15H29N5. The molecule has 0 aliphatic heterocycles. The van der Waals surface area contributed by atoms with Crippen molar-refractivity contribution >= 4 is 5.96 Å². The largest absolute Gasteiger partial charge is 0.356 e. The van der Waals surface area contributed by atoms with Crippen LogP contribution in [-0.4, -0.2) is 41.3 Å². The zero-order chi connectivity index (χ0) is 15.0. The van der Waals surface area contributed by atoms with Gasteiger partial charge >= 0.3 is 0 Å². The molecule has 20 heavy (non-hydrogen) atoms. The van der Waals surface area contributed by atoms with Gasteiger partial charge in [0, 0.05) is 46.0 Å². The average Bonchev–Trinajstić information content (AvgIpc) is 2.78. The van der Waals surface area contributed by atoms with Gasteiger partial charge < -0.3 is 10.2 Å². The summed E-state index contributed by atoms with van der Waals surface area (Å²) in [4.78, 5) is 6.45. The summed E-state index contributed by atoms with van der Waals surface area (Å²) in [5.41, 5.74) is 1.19. The van der Waals surface area contributed by atoms with Gasteiger partial charge in [-0.3, -0.25) is 9.67 Å². The van der Waals surface area contributed by atoms with Gasteiger partial charge in [-0.05, 0) is 12.3 Å². The summed E-state index contributed by atoms with van der Waals surface area (Å²) < 4.78 is 1.82. The molecule has 5 heteroatoms. The van der Waals surface area contributed by atoms with Crippen LogP contribution in [-0.2, 0) is 13.6 Å². The van der Waals surface area contributed by atoms with Crippen molar-refractivity contribution in [1.82, 2.24) is 20.0 Å². The van der Waals surface area contributed by atoms with Crippen LogP contribution in [0.2, 0.25) is 0 Å². The Morgan fingerprint density at radius 1 is 1.45 bits per heavy atom. The van der Waals surface area contributed by atoms with Crippen molar-refractivity contribution in [3.63, 3.8) is 0 Å². The first-order valence-corrected chi connectivity index (χ1v) is 7.42. The Bertz CT molecular complexity index is 408. The zero-order valence-electron chi connectivity index (χ0n) is 13.6. The van der Waals surface area contributed by atoms with Crippen LogP contribution >= 0.6 is 0 Å². The molecule has 0 unspecified atom stereocenters. The second-order valence-electron chi connectivity index (χ2n) is 5.74. The zero-order valence-corrected chi connectivity index (χ0v) is 13.6. The molecule has 5 nitrogen and oxygen atoms in total. The second-order valence-corrected chi connectivity index (χ2v) is 5.74. The first kappa shape index (κ1) is 16.5. The quantitative estimate of drug-likeness (QED) is 0.473. The number of guanidine groups is 1. The van der Waals surface area contributed by atoms with Crippen molar-refractivity contribution in [3.05, 3.63) is 18.0 Å². The molecule has 1 aromatic rings. The van der Waals surface area contributed by atoms with Crippen LogP contribution in [0.1, 0.15) is 38.7 Å². The fourth-order valence-electron chi connectivity index (χ4n) is 2.16. The Hall–Kier alpha value is -1.52. The molecular weight excluding hydrogens is 250 g/mol. The van der Waals surface area contributed by atoms with Gasteiger partial charge in [0.25, 0.3) is 0 Å². The van der Waals surface area contributed by atoms with E-state index in [0.29, 0.717) is 0 Å². The fourth-order valence-corrected chi connectivity index (χ4v) is 2.16. The molecule has 1 rings (SSSR count). The minimum Gasteiger partial charge on any atom is -0.356 e. The van der Waals surface area contributed by atoms with E-state index in [9.17, 15) is 0 Å². The summed E-state index contributed by atoms with van der Waals surface area (Å²) in [6, 6.07) is 0. The summed E-state index contributed by atoms with van der Waals surface area (Å²) >= 11 is 0. The van der Waals surface area contributed by atoms with Gasteiger partial charge in [0.15, 0.2) is 5.96 Å². The second kappa shape index (κ2) is 8.61. The van der Waals surface area contributed by atoms with E-state index >= 15 is 0 Å². The van der Waals surface area contributed by atoms with Crippen molar-refractivity contribution < 1.29 is 0 Å². The molecule has 0 saturated carbocycles. The molecule has 1 N–H and O–H groups in total. The van der Waals surface area contributed by atoms with Crippen molar-refractivity contribution in [3.8, 4) is 0 Å². The Morgan fingerprint density at radius 2 is 2.20 bits per heavy atom. The van der Waals surface area contributed by atoms with Crippen LogP contribution < -0.4 is 5.32 Å². The molecule has 0 aromatic carbocycles. The lowest BCUT2D eigenvalue weighted by atomic mass is 10.1. The Morgan fingerprint density at radius 3 is 2.75 bits per heavy atom. The van der Waals surface area contributed by atoms with Gasteiger partial charge in [0.2, 0.25) is 0 Å². The van der Waals surface area contributed by atoms with E-state index in [1.807, 2.05) is 31.2 Å². The lowest BCUT2D eigenvalue weighted by molar-refractivity contribution is 0.470. The van der Waals surface area contributed by atoms with Crippen molar-refractivity contribution in [2.24, 2.45) is 18.0 Å². The number of nitrogens with zero attached hydrogens (tertiary/aromatic N) is 4. The Labute approximate surface area is 123 Å². The molecule has 1 heterocycles. The van der Waals surface area contributed by atoms with Crippen molar-refractivity contribution in [2.75, 3.05) is 20.6 Å². The molecule has 0 radical (unpaired) electrons. The third-order valence-corrected chi connectivity index (χ3v) is 3.24. The first-order valence-electron chi connectivity index (χ1n) is 7.42. The number of hydrogen-bond donors (Lipinski definition) is 1. The molecule has 0 aliphatic rings. The molecule has 0 amide bonds. The highest BCUT2D eigenvalue weighted by Gasteiger charge is 2.07. The maximum absolute atomic E-state index is 4.33. The highest BCUT2D eigenvalue weighted by molar-refractivity contribution is 5.79. The van der Waals surface area contributed by atoms with Crippen LogP contribution in [0, 0.1) is 5.92 Å². The van der Waals surface area contributed by atoms with E-state index in [4.69, 9.17) is 0 Å². The molecule has 0 spiro atoms. The standard InChI is InChI=1S/C15H29N5/c1-13(2)8-6-7-9-17-15(16-3)19(4)11-14-10-18-20(5)12-14/h10,12-13H,6-9,11H2,1-5H3,(H,16,17). The van der Waals surface area contributed by atoms with E-state index < -0.39 is 0 Å². The highest BCUT2D eigenvalue weighted by atomic mass is 15.3. The number of aromatic nitrogens is 2. The predicted octanol–water partition coefficient (Wildman–Crippen LogP) is 2.25. The summed E-state index contributed by atoms with van der Waals surface area (Å²) in [6.45, 7) is 6.35. The smallest absolute Gasteiger partial charge is 0.193 e. The van der Waals surface area contributed by atoms with E-state index in [2.05, 4.69) is 41.2 Å². The minimum atomic E-state index is 0.794. The average molecular weight is 279 g/mol. The van der Waals surface area contributed by atoms with E-state index in [1.165, 1.54) is 24.8 Å². The third kappa shape index (κ3) is 6.08.